The lowest BCUT2D eigenvalue weighted by molar-refractivity contribution is 0.631. The van der Waals surface area contributed by atoms with E-state index < -0.39 is 0 Å². The van der Waals surface area contributed by atoms with Crippen molar-refractivity contribution in [2.24, 2.45) is 0 Å². The smallest absolute Gasteiger partial charge is 0.164 e. The molecule has 2 aromatic heterocycles. The molecule has 11 aromatic carbocycles. The molecule has 0 aliphatic rings. The molecule has 13 aromatic rings. The first-order valence-electron chi connectivity index (χ1n) is 20.7. The average molecular weight is 776 g/mol. The van der Waals surface area contributed by atoms with E-state index in [1.54, 1.807) is 0 Å². The largest absolute Gasteiger partial charge is 0.456 e. The van der Waals surface area contributed by atoms with E-state index in [0.29, 0.717) is 17.5 Å². The zero-order valence-corrected chi connectivity index (χ0v) is 32.8. The lowest BCUT2D eigenvalue weighted by Gasteiger charge is -2.18. The summed E-state index contributed by atoms with van der Waals surface area (Å²) in [6.07, 6.45) is 0. The molecule has 0 saturated heterocycles. The Balaban J connectivity index is 1.09. The number of hydrogen-bond donors (Lipinski definition) is 0. The molecule has 0 amide bonds. The van der Waals surface area contributed by atoms with E-state index in [1.807, 2.05) is 48.5 Å². The van der Waals surface area contributed by atoms with Gasteiger partial charge in [0.25, 0.3) is 0 Å². The second-order valence-electron chi connectivity index (χ2n) is 15.9. The molecule has 61 heavy (non-hydrogen) atoms. The van der Waals surface area contributed by atoms with Gasteiger partial charge in [0, 0.05) is 27.6 Å². The molecule has 4 heteroatoms. The van der Waals surface area contributed by atoms with Crippen molar-refractivity contribution in [1.82, 2.24) is 15.0 Å². The molecule has 0 aliphatic carbocycles. The van der Waals surface area contributed by atoms with E-state index in [0.717, 1.165) is 50.1 Å². The van der Waals surface area contributed by atoms with Gasteiger partial charge in [0.1, 0.15) is 11.3 Å². The maximum absolute atomic E-state index is 6.41. The molecule has 2 heterocycles. The van der Waals surface area contributed by atoms with E-state index in [1.165, 1.54) is 64.6 Å². The van der Waals surface area contributed by atoms with E-state index in [9.17, 15) is 0 Å². The van der Waals surface area contributed by atoms with Crippen molar-refractivity contribution in [3.8, 4) is 56.6 Å². The van der Waals surface area contributed by atoms with E-state index in [2.05, 4.69) is 152 Å². The summed E-state index contributed by atoms with van der Waals surface area (Å²) in [4.78, 5) is 15.7. The van der Waals surface area contributed by atoms with Gasteiger partial charge in [-0.2, -0.15) is 0 Å². The second-order valence-corrected chi connectivity index (χ2v) is 15.9. The van der Waals surface area contributed by atoms with E-state index in [4.69, 9.17) is 19.4 Å². The highest BCUT2D eigenvalue weighted by Crippen LogP contribution is 2.45. The van der Waals surface area contributed by atoms with Crippen molar-refractivity contribution >= 4 is 75.6 Å². The lowest BCUT2D eigenvalue weighted by Crippen LogP contribution is -2.02. The molecule has 0 aliphatic heterocycles. The van der Waals surface area contributed by atoms with Crippen molar-refractivity contribution in [1.29, 1.82) is 0 Å². The number of para-hydroxylation sites is 1. The van der Waals surface area contributed by atoms with Gasteiger partial charge in [-0.25, -0.2) is 15.0 Å². The molecule has 0 fully saturated rings. The summed E-state index contributed by atoms with van der Waals surface area (Å²) in [7, 11) is 0. The number of hydrogen-bond acceptors (Lipinski definition) is 4. The summed E-state index contributed by atoms with van der Waals surface area (Å²) in [5, 5.41) is 16.1. The minimum atomic E-state index is 0.577. The number of aromatic nitrogens is 3. The summed E-state index contributed by atoms with van der Waals surface area (Å²) in [5.41, 5.74) is 6.61. The highest BCUT2D eigenvalue weighted by atomic mass is 16.3. The van der Waals surface area contributed by atoms with Gasteiger partial charge >= 0.3 is 0 Å². The first kappa shape index (κ1) is 33.7. The minimum absolute atomic E-state index is 0.577. The third-order valence-electron chi connectivity index (χ3n) is 12.4. The first-order valence-corrected chi connectivity index (χ1v) is 20.7. The normalized spacial score (nSPS) is 11.9. The number of benzene rings is 10. The van der Waals surface area contributed by atoms with Crippen molar-refractivity contribution < 1.29 is 4.42 Å². The predicted octanol–water partition coefficient (Wildman–Crippen LogP) is 15.3. The van der Waals surface area contributed by atoms with Crippen LogP contribution in [0, 0.1) is 0 Å². The Morgan fingerprint density at radius 2 is 0.754 bits per heavy atom. The number of rotatable bonds is 5. The minimum Gasteiger partial charge on any atom is -0.456 e. The van der Waals surface area contributed by atoms with E-state index >= 15 is 0 Å². The van der Waals surface area contributed by atoms with Crippen LogP contribution in [0.3, 0.4) is 0 Å². The molecule has 0 bridgehead atoms. The highest BCUT2D eigenvalue weighted by Gasteiger charge is 2.21. The van der Waals surface area contributed by atoms with Gasteiger partial charge in [-0.1, -0.05) is 176 Å². The molecular formula is C57H33N3O. The van der Waals surface area contributed by atoms with Crippen LogP contribution in [0.4, 0.5) is 0 Å². The third kappa shape index (κ3) is 5.22. The SMILES string of the molecule is c1ccc(-c2nc(-c3ccccc3-c3cc4ccc5cccc6c7cccc8ccc9cccc(c(c3)c4c56)c9c87)nc(-c3ccccc3-c3cc4ccccc4o3)n2)cc1. The van der Waals surface area contributed by atoms with Crippen molar-refractivity contribution in [3.05, 3.63) is 200 Å². The first-order chi connectivity index (χ1) is 30.2. The van der Waals surface area contributed by atoms with Crippen LogP contribution in [0.5, 0.6) is 0 Å². The molecule has 4 nitrogen and oxygen atoms in total. The lowest BCUT2D eigenvalue weighted by atomic mass is 9.86. The Kier molecular flexibility index (Phi) is 7.27. The van der Waals surface area contributed by atoms with Gasteiger partial charge < -0.3 is 4.42 Å². The zero-order chi connectivity index (χ0) is 40.0. The summed E-state index contributed by atoms with van der Waals surface area (Å²) in [6, 6.07) is 71.1. The Hall–Kier alpha value is -8.21. The van der Waals surface area contributed by atoms with Crippen LogP contribution in [0.15, 0.2) is 205 Å². The summed E-state index contributed by atoms with van der Waals surface area (Å²) >= 11 is 0. The molecule has 13 rings (SSSR count). The van der Waals surface area contributed by atoms with Gasteiger partial charge in [-0.15, -0.1) is 0 Å². The maximum atomic E-state index is 6.41. The maximum Gasteiger partial charge on any atom is 0.164 e. The van der Waals surface area contributed by atoms with Crippen LogP contribution >= 0.6 is 0 Å². The Morgan fingerprint density at radius 1 is 0.279 bits per heavy atom. The van der Waals surface area contributed by atoms with E-state index in [-0.39, 0.29) is 0 Å². The van der Waals surface area contributed by atoms with Crippen LogP contribution in [0.2, 0.25) is 0 Å². The van der Waals surface area contributed by atoms with Gasteiger partial charge in [-0.05, 0) is 100 Å². The molecule has 0 saturated carbocycles. The molecule has 0 atom stereocenters. The molecule has 282 valence electrons. The standard InChI is InChI=1S/C57H33N3O/c1-2-13-37(14-3-1)55-58-56(60-57(59-55)47-22-8-6-20-42(47)50-33-38-15-4-9-26-49(38)61-50)46-21-7-5-19-41(46)40-31-39-30-29-36-17-11-24-44-43-23-10-16-34-27-28-35-18-12-25-45(53(35)51(34)43)48(32-40)54(39)52(36)44/h1-33H. The molecule has 0 unspecified atom stereocenters. The predicted molar refractivity (Wildman–Crippen MR) is 253 cm³/mol. The molecule has 0 N–H and O–H groups in total. The number of furan rings is 1. The quantitative estimate of drug-likeness (QED) is 0.163. The topological polar surface area (TPSA) is 51.8 Å². The summed E-state index contributed by atoms with van der Waals surface area (Å²) in [6.45, 7) is 0. The van der Waals surface area contributed by atoms with Crippen LogP contribution in [0.25, 0.3) is 132 Å². The van der Waals surface area contributed by atoms with Crippen LogP contribution in [-0.4, -0.2) is 15.0 Å². The van der Waals surface area contributed by atoms with Crippen molar-refractivity contribution in [2.45, 2.75) is 0 Å². The van der Waals surface area contributed by atoms with Gasteiger partial charge in [-0.3, -0.25) is 0 Å². The van der Waals surface area contributed by atoms with Gasteiger partial charge in [0.05, 0.1) is 0 Å². The fourth-order valence-electron chi connectivity index (χ4n) is 9.71. The van der Waals surface area contributed by atoms with Crippen LogP contribution < -0.4 is 0 Å². The summed E-state index contributed by atoms with van der Waals surface area (Å²) in [5.74, 6) is 2.55. The van der Waals surface area contributed by atoms with Crippen LogP contribution in [-0.2, 0) is 0 Å². The van der Waals surface area contributed by atoms with Crippen molar-refractivity contribution in [3.63, 3.8) is 0 Å². The fourth-order valence-corrected chi connectivity index (χ4v) is 9.71. The Labute approximate surface area is 350 Å². The third-order valence-corrected chi connectivity index (χ3v) is 12.4. The average Bonchev–Trinajstić information content (AvgIpc) is 3.77. The number of nitrogens with zero attached hydrogens (tertiary/aromatic N) is 3. The molecule has 0 radical (unpaired) electrons. The molecular weight excluding hydrogens is 743 g/mol. The number of fused-ring (bicyclic) bond motifs is 3. The van der Waals surface area contributed by atoms with Crippen LogP contribution in [0.1, 0.15) is 0 Å². The highest BCUT2D eigenvalue weighted by molar-refractivity contribution is 6.37. The monoisotopic (exact) mass is 775 g/mol. The summed E-state index contributed by atoms with van der Waals surface area (Å²) < 4.78 is 6.41. The Bertz CT molecular complexity index is 3850. The molecule has 0 spiro atoms. The zero-order valence-electron chi connectivity index (χ0n) is 32.8. The Morgan fingerprint density at radius 3 is 1.39 bits per heavy atom. The second kappa shape index (κ2) is 13.2. The van der Waals surface area contributed by atoms with Gasteiger partial charge in [0.15, 0.2) is 17.5 Å². The fraction of sp³-hybridized carbons (Fsp3) is 0. The van der Waals surface area contributed by atoms with Crippen molar-refractivity contribution in [2.75, 3.05) is 0 Å². The van der Waals surface area contributed by atoms with Gasteiger partial charge in [0.2, 0.25) is 0 Å².